The van der Waals surface area contributed by atoms with Gasteiger partial charge in [-0.05, 0) is 23.7 Å². The van der Waals surface area contributed by atoms with Crippen LogP contribution in [-0.4, -0.2) is 70.5 Å². The first-order valence-electron chi connectivity index (χ1n) is 12.4. The zero-order chi connectivity index (χ0) is 21.8. The third-order valence-electron chi connectivity index (χ3n) is 4.80. The molecule has 0 aromatic carbocycles. The molecule has 0 aromatic rings. The summed E-state index contributed by atoms with van der Waals surface area (Å²) in [5, 5.41) is 0. The number of alkyl halides is 1. The van der Waals surface area contributed by atoms with Crippen LogP contribution in [0.5, 0.6) is 0 Å². The number of rotatable bonds is 27. The van der Waals surface area contributed by atoms with Crippen LogP contribution in [0.25, 0.3) is 0 Å². The third kappa shape index (κ3) is 28.5. The molecule has 0 unspecified atom stereocenters. The van der Waals surface area contributed by atoms with E-state index >= 15 is 0 Å². The lowest BCUT2D eigenvalue weighted by atomic mass is 10.1. The van der Waals surface area contributed by atoms with E-state index in [-0.39, 0.29) is 0 Å². The Balaban J connectivity index is 2.97. The van der Waals surface area contributed by atoms with Crippen molar-refractivity contribution in [3.05, 3.63) is 0 Å². The highest BCUT2D eigenvalue weighted by Crippen LogP contribution is 2.08. The van der Waals surface area contributed by atoms with Crippen LogP contribution in [0.2, 0.25) is 0 Å². The molecule has 0 aliphatic rings. The number of unbranched alkanes of at least 4 members (excludes halogenated alkanes) is 10. The molecular formula is C24H49IO5. The molecule has 0 aromatic heterocycles. The first-order chi connectivity index (χ1) is 14.9. The van der Waals surface area contributed by atoms with Crippen LogP contribution >= 0.6 is 22.6 Å². The topological polar surface area (TPSA) is 46.2 Å². The molecule has 182 valence electrons. The average molecular weight is 545 g/mol. The highest BCUT2D eigenvalue weighted by molar-refractivity contribution is 14.1. The highest BCUT2D eigenvalue weighted by Gasteiger charge is 1.95. The van der Waals surface area contributed by atoms with Crippen LogP contribution in [0.15, 0.2) is 0 Å². The van der Waals surface area contributed by atoms with Crippen molar-refractivity contribution in [3.8, 4) is 0 Å². The van der Waals surface area contributed by atoms with Gasteiger partial charge in [0, 0.05) is 13.2 Å². The number of ether oxygens (including phenoxy) is 5. The second-order valence-electron chi connectivity index (χ2n) is 7.64. The summed E-state index contributed by atoms with van der Waals surface area (Å²) in [6.45, 7) is 9.05. The maximum atomic E-state index is 5.61. The Hall–Kier alpha value is 0.530. The van der Waals surface area contributed by atoms with E-state index in [0.717, 1.165) is 19.6 Å². The zero-order valence-electron chi connectivity index (χ0n) is 19.7. The van der Waals surface area contributed by atoms with Crippen LogP contribution in [-0.2, 0) is 23.7 Å². The summed E-state index contributed by atoms with van der Waals surface area (Å²) in [6, 6.07) is 0. The lowest BCUT2D eigenvalue weighted by Gasteiger charge is -2.08. The van der Waals surface area contributed by atoms with Crippen LogP contribution < -0.4 is 0 Å². The van der Waals surface area contributed by atoms with Crippen molar-refractivity contribution in [1.82, 2.24) is 0 Å². The quantitative estimate of drug-likeness (QED) is 0.0700. The monoisotopic (exact) mass is 544 g/mol. The molecule has 0 N–H and O–H groups in total. The molecule has 30 heavy (non-hydrogen) atoms. The van der Waals surface area contributed by atoms with Crippen molar-refractivity contribution >= 4 is 22.6 Å². The average Bonchev–Trinajstić information content (AvgIpc) is 2.76. The van der Waals surface area contributed by atoms with Gasteiger partial charge < -0.3 is 23.7 Å². The van der Waals surface area contributed by atoms with Crippen molar-refractivity contribution in [2.45, 2.75) is 84.0 Å². The Bertz CT molecular complexity index is 267. The molecule has 0 atom stereocenters. The molecule has 5 nitrogen and oxygen atoms in total. The zero-order valence-corrected chi connectivity index (χ0v) is 21.8. The van der Waals surface area contributed by atoms with Crippen molar-refractivity contribution in [2.24, 2.45) is 0 Å². The van der Waals surface area contributed by atoms with E-state index in [0.29, 0.717) is 52.9 Å². The first-order valence-corrected chi connectivity index (χ1v) is 13.9. The Kier molecular flexibility index (Phi) is 30.1. The Morgan fingerprint density at radius 3 is 1.03 bits per heavy atom. The van der Waals surface area contributed by atoms with Gasteiger partial charge in [0.2, 0.25) is 0 Å². The Morgan fingerprint density at radius 1 is 0.367 bits per heavy atom. The lowest BCUT2D eigenvalue weighted by molar-refractivity contribution is -0.0114. The van der Waals surface area contributed by atoms with Gasteiger partial charge in [-0.1, -0.05) is 87.3 Å². The highest BCUT2D eigenvalue weighted by atomic mass is 127. The maximum Gasteiger partial charge on any atom is 0.0701 e. The van der Waals surface area contributed by atoms with Gasteiger partial charge in [0.05, 0.1) is 52.9 Å². The van der Waals surface area contributed by atoms with Crippen LogP contribution in [0, 0.1) is 0 Å². The minimum Gasteiger partial charge on any atom is -0.379 e. The summed E-state index contributed by atoms with van der Waals surface area (Å²) in [5.41, 5.74) is 0. The van der Waals surface area contributed by atoms with E-state index in [1.54, 1.807) is 0 Å². The van der Waals surface area contributed by atoms with Crippen molar-refractivity contribution in [3.63, 3.8) is 0 Å². The second kappa shape index (κ2) is 29.5. The third-order valence-corrected chi connectivity index (χ3v) is 5.57. The summed E-state index contributed by atoms with van der Waals surface area (Å²) >= 11 is 2.43. The van der Waals surface area contributed by atoms with E-state index in [2.05, 4.69) is 29.5 Å². The standard InChI is InChI=1S/C24H49IO5/c1-2-3-4-5-6-7-9-12-15-26-17-19-28-21-23-30-24-22-29-20-18-27-16-13-10-8-11-14-25/h2-24H2,1H3. The van der Waals surface area contributed by atoms with Crippen LogP contribution in [0.1, 0.15) is 84.0 Å². The fraction of sp³-hybridized carbons (Fsp3) is 1.00. The molecule has 0 saturated heterocycles. The molecule has 0 radical (unpaired) electrons. The van der Waals surface area contributed by atoms with Crippen molar-refractivity contribution < 1.29 is 23.7 Å². The van der Waals surface area contributed by atoms with Gasteiger partial charge in [-0.3, -0.25) is 0 Å². The molecule has 0 amide bonds. The van der Waals surface area contributed by atoms with E-state index in [1.165, 1.54) is 75.1 Å². The molecule has 0 fully saturated rings. The fourth-order valence-corrected chi connectivity index (χ4v) is 3.51. The van der Waals surface area contributed by atoms with Gasteiger partial charge in [0.15, 0.2) is 0 Å². The summed E-state index contributed by atoms with van der Waals surface area (Å²) in [5.74, 6) is 0. The van der Waals surface area contributed by atoms with Gasteiger partial charge >= 0.3 is 0 Å². The molecule has 0 heterocycles. The smallest absolute Gasteiger partial charge is 0.0701 e. The van der Waals surface area contributed by atoms with E-state index in [4.69, 9.17) is 23.7 Å². The van der Waals surface area contributed by atoms with Crippen molar-refractivity contribution in [2.75, 3.05) is 70.5 Å². The normalized spacial score (nSPS) is 11.4. The number of hydrogen-bond donors (Lipinski definition) is 0. The van der Waals surface area contributed by atoms with Crippen LogP contribution in [0.4, 0.5) is 0 Å². The van der Waals surface area contributed by atoms with Gasteiger partial charge in [-0.2, -0.15) is 0 Å². The molecular weight excluding hydrogens is 495 g/mol. The summed E-state index contributed by atoms with van der Waals surface area (Å²) < 4.78 is 28.9. The number of halogens is 1. The van der Waals surface area contributed by atoms with E-state index in [1.807, 2.05) is 0 Å². The predicted octanol–water partition coefficient (Wildman–Crippen LogP) is 6.21. The summed E-state index contributed by atoms with van der Waals surface area (Å²) in [4.78, 5) is 0. The first kappa shape index (κ1) is 30.5. The van der Waals surface area contributed by atoms with E-state index < -0.39 is 0 Å². The Labute approximate surface area is 200 Å². The number of hydrogen-bond acceptors (Lipinski definition) is 5. The fourth-order valence-electron chi connectivity index (χ4n) is 2.97. The lowest BCUT2D eigenvalue weighted by Crippen LogP contribution is -2.13. The minimum absolute atomic E-state index is 0.606. The molecule has 0 aliphatic carbocycles. The molecule has 0 saturated carbocycles. The molecule has 6 heteroatoms. The molecule has 0 aliphatic heterocycles. The minimum atomic E-state index is 0.606. The van der Waals surface area contributed by atoms with E-state index in [9.17, 15) is 0 Å². The largest absolute Gasteiger partial charge is 0.379 e. The van der Waals surface area contributed by atoms with Gasteiger partial charge in [-0.15, -0.1) is 0 Å². The SMILES string of the molecule is CCCCCCCCCCOCCOCCOCCOCCOCCCCCCI. The molecule has 0 rings (SSSR count). The summed E-state index contributed by atoms with van der Waals surface area (Å²) in [7, 11) is 0. The predicted molar refractivity (Wildman–Crippen MR) is 134 cm³/mol. The molecule has 0 spiro atoms. The molecule has 0 bridgehead atoms. The van der Waals surface area contributed by atoms with Gasteiger partial charge in [0.25, 0.3) is 0 Å². The van der Waals surface area contributed by atoms with Crippen molar-refractivity contribution in [1.29, 1.82) is 0 Å². The van der Waals surface area contributed by atoms with Gasteiger partial charge in [-0.25, -0.2) is 0 Å². The van der Waals surface area contributed by atoms with Gasteiger partial charge in [0.1, 0.15) is 0 Å². The summed E-state index contributed by atoms with van der Waals surface area (Å²) in [6.07, 6.45) is 15.7. The van der Waals surface area contributed by atoms with Crippen LogP contribution in [0.3, 0.4) is 0 Å². The Morgan fingerprint density at radius 2 is 0.667 bits per heavy atom. The second-order valence-corrected chi connectivity index (χ2v) is 8.72. The maximum absolute atomic E-state index is 5.61.